The Labute approximate surface area is 118 Å². The first-order valence-electron chi connectivity index (χ1n) is 5.54. The van der Waals surface area contributed by atoms with E-state index in [0.29, 0.717) is 11.3 Å². The molecule has 2 N–H and O–H groups in total. The molecule has 0 aliphatic rings. The average molecular weight is 324 g/mol. The molecule has 0 aromatic heterocycles. The van der Waals surface area contributed by atoms with E-state index in [1.807, 2.05) is 0 Å². The van der Waals surface area contributed by atoms with Crippen LogP contribution in [-0.2, 0) is 0 Å². The molecule has 2 aromatic carbocycles. The molecule has 0 radical (unpaired) electrons. The minimum Gasteiger partial charge on any atom is -0.508 e. The number of carbonyl (C=O) groups excluding carboxylic acids is 1. The lowest BCUT2D eigenvalue weighted by Crippen LogP contribution is -2.13. The van der Waals surface area contributed by atoms with E-state index in [2.05, 4.69) is 21.2 Å². The van der Waals surface area contributed by atoms with Crippen LogP contribution in [0.2, 0.25) is 0 Å². The van der Waals surface area contributed by atoms with Crippen LogP contribution in [0.15, 0.2) is 40.9 Å². The molecule has 2 aromatic rings. The van der Waals surface area contributed by atoms with Crippen molar-refractivity contribution in [1.82, 2.24) is 0 Å². The van der Waals surface area contributed by atoms with Crippen molar-refractivity contribution in [2.24, 2.45) is 0 Å². The maximum Gasteiger partial charge on any atom is 0.258 e. The van der Waals surface area contributed by atoms with Crippen molar-refractivity contribution in [3.8, 4) is 5.75 Å². The molecule has 0 saturated carbocycles. The van der Waals surface area contributed by atoms with Crippen molar-refractivity contribution < 1.29 is 14.3 Å². The van der Waals surface area contributed by atoms with Crippen LogP contribution in [0.5, 0.6) is 5.75 Å². The van der Waals surface area contributed by atoms with Crippen LogP contribution in [0.3, 0.4) is 0 Å². The summed E-state index contributed by atoms with van der Waals surface area (Å²) < 4.78 is 14.0. The van der Waals surface area contributed by atoms with Gasteiger partial charge >= 0.3 is 0 Å². The molecular weight excluding hydrogens is 313 g/mol. The van der Waals surface area contributed by atoms with Gasteiger partial charge < -0.3 is 10.4 Å². The third-order valence-corrected chi connectivity index (χ3v) is 3.28. The number of hydrogen-bond acceptors (Lipinski definition) is 2. The highest BCUT2D eigenvalue weighted by atomic mass is 79.9. The molecule has 1 amide bonds. The minimum absolute atomic E-state index is 0.0607. The molecule has 0 saturated heterocycles. The number of rotatable bonds is 2. The maximum absolute atomic E-state index is 13.7. The fourth-order valence-corrected chi connectivity index (χ4v) is 1.93. The van der Waals surface area contributed by atoms with Crippen LogP contribution >= 0.6 is 15.9 Å². The van der Waals surface area contributed by atoms with Gasteiger partial charge in [-0.3, -0.25) is 4.79 Å². The van der Waals surface area contributed by atoms with Gasteiger partial charge in [-0.1, -0.05) is 12.1 Å². The zero-order valence-electron chi connectivity index (χ0n) is 10.1. The number of halogens is 2. The molecule has 0 aliphatic carbocycles. The molecule has 98 valence electrons. The largest absolute Gasteiger partial charge is 0.508 e. The molecule has 2 rings (SSSR count). The number of carbonyl (C=O) groups is 1. The number of nitrogens with one attached hydrogen (secondary N) is 1. The fourth-order valence-electron chi connectivity index (χ4n) is 1.56. The van der Waals surface area contributed by atoms with Crippen molar-refractivity contribution in [2.45, 2.75) is 6.92 Å². The molecule has 0 spiro atoms. The van der Waals surface area contributed by atoms with Crippen LogP contribution in [0.1, 0.15) is 15.9 Å². The van der Waals surface area contributed by atoms with Crippen LogP contribution in [-0.4, -0.2) is 11.0 Å². The van der Waals surface area contributed by atoms with E-state index in [1.54, 1.807) is 25.1 Å². The van der Waals surface area contributed by atoms with E-state index in [9.17, 15) is 14.3 Å². The molecular formula is C14H11BrFNO2. The van der Waals surface area contributed by atoms with Gasteiger partial charge in [0.2, 0.25) is 0 Å². The van der Waals surface area contributed by atoms with Gasteiger partial charge in [-0.05, 0) is 46.6 Å². The van der Waals surface area contributed by atoms with Crippen molar-refractivity contribution in [3.63, 3.8) is 0 Å². The second kappa shape index (κ2) is 5.40. The summed E-state index contributed by atoms with van der Waals surface area (Å²) in [6.45, 7) is 1.74. The van der Waals surface area contributed by atoms with Gasteiger partial charge in [0.25, 0.3) is 5.91 Å². The molecule has 3 nitrogen and oxygen atoms in total. The Hall–Kier alpha value is -1.88. The Bertz CT molecular complexity index is 643. The molecule has 0 fully saturated rings. The zero-order valence-corrected chi connectivity index (χ0v) is 11.7. The summed E-state index contributed by atoms with van der Waals surface area (Å²) in [6.07, 6.45) is 0. The summed E-state index contributed by atoms with van der Waals surface area (Å²) in [4.78, 5) is 11.9. The van der Waals surface area contributed by atoms with Crippen LogP contribution in [0.25, 0.3) is 0 Å². The molecule has 0 atom stereocenters. The normalized spacial score (nSPS) is 10.3. The van der Waals surface area contributed by atoms with Gasteiger partial charge in [0.05, 0.1) is 10.0 Å². The van der Waals surface area contributed by atoms with Gasteiger partial charge in [-0.2, -0.15) is 0 Å². The van der Waals surface area contributed by atoms with E-state index in [1.165, 1.54) is 18.2 Å². The van der Waals surface area contributed by atoms with Crippen molar-refractivity contribution >= 4 is 27.5 Å². The van der Waals surface area contributed by atoms with Gasteiger partial charge in [-0.25, -0.2) is 4.39 Å². The third kappa shape index (κ3) is 2.93. The molecule has 0 unspecified atom stereocenters. The third-order valence-electron chi connectivity index (χ3n) is 2.66. The lowest BCUT2D eigenvalue weighted by Gasteiger charge is -2.08. The molecule has 0 aliphatic heterocycles. The minimum atomic E-state index is -0.615. The number of hydrogen-bond donors (Lipinski definition) is 2. The number of anilines is 1. The first-order chi connectivity index (χ1) is 8.99. The second-order valence-electron chi connectivity index (χ2n) is 4.06. The monoisotopic (exact) mass is 323 g/mol. The number of benzene rings is 2. The van der Waals surface area contributed by atoms with Crippen molar-refractivity contribution in [2.75, 3.05) is 5.32 Å². The summed E-state index contributed by atoms with van der Waals surface area (Å²) in [6, 6.07) is 9.22. The highest BCUT2D eigenvalue weighted by Gasteiger charge is 2.14. The lowest BCUT2D eigenvalue weighted by atomic mass is 10.1. The number of phenols is 1. The fraction of sp³-hybridized carbons (Fsp3) is 0.0714. The van der Waals surface area contributed by atoms with Gasteiger partial charge in [-0.15, -0.1) is 0 Å². The van der Waals surface area contributed by atoms with Gasteiger partial charge in [0.1, 0.15) is 11.6 Å². The number of aryl methyl sites for hydroxylation is 1. The summed E-state index contributed by atoms with van der Waals surface area (Å²) in [5.74, 6) is -1.11. The van der Waals surface area contributed by atoms with Crippen LogP contribution < -0.4 is 5.32 Å². The Kier molecular flexibility index (Phi) is 3.85. The lowest BCUT2D eigenvalue weighted by molar-refractivity contribution is 0.102. The SMILES string of the molecule is Cc1ccc(NC(=O)c2cccc(Br)c2F)cc1O. The zero-order chi connectivity index (χ0) is 14.0. The Balaban J connectivity index is 2.26. The predicted octanol–water partition coefficient (Wildman–Crippen LogP) is 3.85. The number of aromatic hydroxyl groups is 1. The smallest absolute Gasteiger partial charge is 0.258 e. The summed E-state index contributed by atoms with van der Waals surface area (Å²) in [7, 11) is 0. The highest BCUT2D eigenvalue weighted by Crippen LogP contribution is 2.23. The van der Waals surface area contributed by atoms with E-state index in [-0.39, 0.29) is 15.8 Å². The molecule has 0 heterocycles. The van der Waals surface area contributed by atoms with Crippen molar-refractivity contribution in [3.05, 3.63) is 57.8 Å². The quantitative estimate of drug-likeness (QED) is 0.881. The molecule has 19 heavy (non-hydrogen) atoms. The Morgan fingerprint density at radius 2 is 2.05 bits per heavy atom. The first kappa shape index (κ1) is 13.5. The topological polar surface area (TPSA) is 49.3 Å². The summed E-state index contributed by atoms with van der Waals surface area (Å²) in [5, 5.41) is 12.1. The van der Waals surface area contributed by atoms with E-state index >= 15 is 0 Å². The predicted molar refractivity (Wildman–Crippen MR) is 74.9 cm³/mol. The van der Waals surface area contributed by atoms with Crippen LogP contribution in [0.4, 0.5) is 10.1 Å². The summed E-state index contributed by atoms with van der Waals surface area (Å²) in [5.41, 5.74) is 1.05. The van der Waals surface area contributed by atoms with E-state index in [0.717, 1.165) is 0 Å². The van der Waals surface area contributed by atoms with E-state index < -0.39 is 11.7 Å². The van der Waals surface area contributed by atoms with Gasteiger partial charge in [0, 0.05) is 11.8 Å². The average Bonchev–Trinajstić information content (AvgIpc) is 2.37. The van der Waals surface area contributed by atoms with E-state index in [4.69, 9.17) is 0 Å². The Morgan fingerprint density at radius 3 is 2.74 bits per heavy atom. The first-order valence-corrected chi connectivity index (χ1v) is 6.33. The number of phenolic OH excluding ortho intramolecular Hbond substituents is 1. The van der Waals surface area contributed by atoms with Crippen LogP contribution in [0, 0.1) is 12.7 Å². The van der Waals surface area contributed by atoms with Gasteiger partial charge in [0.15, 0.2) is 0 Å². The second-order valence-corrected chi connectivity index (χ2v) is 4.91. The maximum atomic E-state index is 13.7. The highest BCUT2D eigenvalue weighted by molar-refractivity contribution is 9.10. The standard InChI is InChI=1S/C14H11BrFNO2/c1-8-5-6-9(7-12(8)18)17-14(19)10-3-2-4-11(15)13(10)16/h2-7,18H,1H3,(H,17,19). The molecule has 0 bridgehead atoms. The van der Waals surface area contributed by atoms with Crippen molar-refractivity contribution in [1.29, 1.82) is 0 Å². The molecule has 5 heteroatoms. The Morgan fingerprint density at radius 1 is 1.32 bits per heavy atom. The summed E-state index contributed by atoms with van der Waals surface area (Å²) >= 11 is 3.03. The number of amides is 1.